The third-order valence-corrected chi connectivity index (χ3v) is 6.51. The molecule has 24 heavy (non-hydrogen) atoms. The fraction of sp³-hybridized carbons (Fsp3) is 0.600. The minimum Gasteiger partial charge on any atom is -0.508 e. The van der Waals surface area contributed by atoms with Crippen molar-refractivity contribution >= 4 is 11.8 Å². The van der Waals surface area contributed by atoms with E-state index in [0.717, 1.165) is 24.0 Å². The summed E-state index contributed by atoms with van der Waals surface area (Å²) in [5.74, 6) is -0.715. The van der Waals surface area contributed by atoms with Crippen molar-refractivity contribution in [3.8, 4) is 5.75 Å². The van der Waals surface area contributed by atoms with Gasteiger partial charge in [-0.3, -0.25) is 9.59 Å². The van der Waals surface area contributed by atoms with Crippen LogP contribution in [0.25, 0.3) is 0 Å². The molecule has 0 unspecified atom stereocenters. The lowest BCUT2D eigenvalue weighted by molar-refractivity contribution is -0.156. The van der Waals surface area contributed by atoms with Gasteiger partial charge in [0, 0.05) is 12.0 Å². The number of Topliss-reactive ketones (excluding diaryl/α,β-unsaturated/α-hetero) is 1. The molecule has 0 aromatic heterocycles. The molecular formula is C20H26O4. The van der Waals surface area contributed by atoms with Crippen LogP contribution in [0.1, 0.15) is 80.8 Å². The van der Waals surface area contributed by atoms with Crippen LogP contribution in [0.5, 0.6) is 5.75 Å². The van der Waals surface area contributed by atoms with Crippen molar-refractivity contribution in [1.82, 2.24) is 0 Å². The van der Waals surface area contributed by atoms with Crippen LogP contribution in [0, 0.1) is 11.3 Å². The van der Waals surface area contributed by atoms with Gasteiger partial charge in [-0.15, -0.1) is 0 Å². The van der Waals surface area contributed by atoms with E-state index in [1.54, 1.807) is 13.0 Å². The molecule has 0 bridgehead atoms. The van der Waals surface area contributed by atoms with Gasteiger partial charge in [-0.25, -0.2) is 0 Å². The van der Waals surface area contributed by atoms with Gasteiger partial charge in [0.2, 0.25) is 0 Å². The summed E-state index contributed by atoms with van der Waals surface area (Å²) in [5, 5.41) is 20.2. The van der Waals surface area contributed by atoms with Crippen LogP contribution in [0.15, 0.2) is 12.1 Å². The predicted octanol–water partition coefficient (Wildman–Crippen LogP) is 4.25. The van der Waals surface area contributed by atoms with Gasteiger partial charge in [0.05, 0.1) is 5.41 Å². The number of rotatable bonds is 2. The molecule has 0 heterocycles. The van der Waals surface area contributed by atoms with E-state index in [1.807, 2.05) is 19.9 Å². The van der Waals surface area contributed by atoms with Crippen LogP contribution in [-0.4, -0.2) is 22.0 Å². The number of hydrogen-bond donors (Lipinski definition) is 2. The summed E-state index contributed by atoms with van der Waals surface area (Å²) in [6.07, 6.45) is 2.53. The second-order valence-electron chi connectivity index (χ2n) is 8.28. The standard InChI is InChI=1S/C20H26O4/c1-11(2)12-8-13-14(9-15(12)21)19(3)6-5-7-20(4,18(23)24)17(19)10-16(13)22/h8-9,11,17,21H,5-7,10H2,1-4H3,(H,23,24)/t17-,19-,20-/m1/s1. The number of fused-ring (bicyclic) bond motifs is 3. The van der Waals surface area contributed by atoms with E-state index in [0.29, 0.717) is 12.0 Å². The molecule has 0 saturated heterocycles. The molecule has 0 spiro atoms. The number of carboxylic acids is 1. The van der Waals surface area contributed by atoms with Crippen molar-refractivity contribution in [1.29, 1.82) is 0 Å². The molecule has 0 amide bonds. The average molecular weight is 330 g/mol. The number of aromatic hydroxyl groups is 1. The van der Waals surface area contributed by atoms with Gasteiger partial charge < -0.3 is 10.2 Å². The highest BCUT2D eigenvalue weighted by Crippen LogP contribution is 2.58. The van der Waals surface area contributed by atoms with E-state index < -0.39 is 11.4 Å². The third-order valence-electron chi connectivity index (χ3n) is 6.51. The molecule has 4 heteroatoms. The molecule has 130 valence electrons. The zero-order valence-corrected chi connectivity index (χ0v) is 14.8. The van der Waals surface area contributed by atoms with Crippen molar-refractivity contribution in [3.05, 3.63) is 28.8 Å². The Balaban J connectivity index is 2.21. The summed E-state index contributed by atoms with van der Waals surface area (Å²) < 4.78 is 0. The van der Waals surface area contributed by atoms with Gasteiger partial charge in [-0.05, 0) is 60.3 Å². The van der Waals surface area contributed by atoms with Crippen molar-refractivity contribution < 1.29 is 19.8 Å². The van der Waals surface area contributed by atoms with Gasteiger partial charge in [0.1, 0.15) is 5.75 Å². The Morgan fingerprint density at radius 2 is 1.92 bits per heavy atom. The summed E-state index contributed by atoms with van der Waals surface area (Å²) in [4.78, 5) is 24.7. The lowest BCUT2D eigenvalue weighted by Gasteiger charge is -2.53. The topological polar surface area (TPSA) is 74.6 Å². The van der Waals surface area contributed by atoms with Crippen molar-refractivity contribution in [3.63, 3.8) is 0 Å². The van der Waals surface area contributed by atoms with E-state index in [-0.39, 0.29) is 35.2 Å². The summed E-state index contributed by atoms with van der Waals surface area (Å²) in [7, 11) is 0. The summed E-state index contributed by atoms with van der Waals surface area (Å²) in [5.41, 5.74) is 0.998. The van der Waals surface area contributed by atoms with Crippen molar-refractivity contribution in [2.24, 2.45) is 11.3 Å². The van der Waals surface area contributed by atoms with Gasteiger partial charge in [0.25, 0.3) is 0 Å². The first-order valence-electron chi connectivity index (χ1n) is 8.75. The normalized spacial score (nSPS) is 32.4. The summed E-state index contributed by atoms with van der Waals surface area (Å²) in [6.45, 7) is 7.82. The largest absolute Gasteiger partial charge is 0.508 e. The maximum atomic E-state index is 12.8. The smallest absolute Gasteiger partial charge is 0.309 e. The maximum absolute atomic E-state index is 12.8. The first-order valence-corrected chi connectivity index (χ1v) is 8.75. The summed E-state index contributed by atoms with van der Waals surface area (Å²) in [6, 6.07) is 3.55. The second kappa shape index (κ2) is 5.33. The van der Waals surface area contributed by atoms with E-state index in [4.69, 9.17) is 0 Å². The van der Waals surface area contributed by atoms with Crippen molar-refractivity contribution in [2.45, 2.75) is 64.7 Å². The first-order chi connectivity index (χ1) is 11.1. The molecule has 1 aromatic rings. The van der Waals surface area contributed by atoms with Crippen molar-refractivity contribution in [2.75, 3.05) is 0 Å². The van der Waals surface area contributed by atoms with Gasteiger partial charge in [-0.2, -0.15) is 0 Å². The quantitative estimate of drug-likeness (QED) is 0.850. The number of aliphatic carboxylic acids is 1. The van der Waals surface area contributed by atoms with E-state index in [1.165, 1.54) is 0 Å². The average Bonchev–Trinajstić information content (AvgIpc) is 2.49. The highest BCUT2D eigenvalue weighted by atomic mass is 16.4. The van der Waals surface area contributed by atoms with Crippen LogP contribution in [0.4, 0.5) is 0 Å². The van der Waals surface area contributed by atoms with Gasteiger partial charge in [-0.1, -0.05) is 27.2 Å². The Morgan fingerprint density at radius 3 is 2.50 bits per heavy atom. The second-order valence-corrected chi connectivity index (χ2v) is 8.28. The molecule has 1 fully saturated rings. The van der Waals surface area contributed by atoms with E-state index in [2.05, 4.69) is 6.92 Å². The molecule has 2 N–H and O–H groups in total. The number of carboxylic acid groups (broad SMARTS) is 1. The Morgan fingerprint density at radius 1 is 1.25 bits per heavy atom. The Kier molecular flexibility index (Phi) is 3.78. The van der Waals surface area contributed by atoms with Crippen LogP contribution in [0.2, 0.25) is 0 Å². The molecule has 1 saturated carbocycles. The zero-order chi connectivity index (χ0) is 17.9. The molecule has 0 aliphatic heterocycles. The maximum Gasteiger partial charge on any atom is 0.309 e. The van der Waals surface area contributed by atoms with Gasteiger partial charge >= 0.3 is 5.97 Å². The monoisotopic (exact) mass is 330 g/mol. The third kappa shape index (κ3) is 2.19. The number of carbonyl (C=O) groups is 2. The lowest BCUT2D eigenvalue weighted by Crippen LogP contribution is -2.53. The Labute approximate surface area is 142 Å². The van der Waals surface area contributed by atoms with Crippen LogP contribution < -0.4 is 0 Å². The zero-order valence-electron chi connectivity index (χ0n) is 14.8. The molecule has 3 rings (SSSR count). The fourth-order valence-corrected chi connectivity index (χ4v) is 4.97. The predicted molar refractivity (Wildman–Crippen MR) is 91.6 cm³/mol. The Hall–Kier alpha value is -1.84. The Bertz CT molecular complexity index is 721. The minimum absolute atomic E-state index is 0.00347. The van der Waals surface area contributed by atoms with Crippen LogP contribution in [-0.2, 0) is 10.2 Å². The molecule has 1 aromatic carbocycles. The fourth-order valence-electron chi connectivity index (χ4n) is 4.97. The van der Waals surface area contributed by atoms with Crippen LogP contribution >= 0.6 is 0 Å². The summed E-state index contributed by atoms with van der Waals surface area (Å²) >= 11 is 0. The highest BCUT2D eigenvalue weighted by Gasteiger charge is 2.57. The number of phenols is 1. The molecule has 0 radical (unpaired) electrons. The number of phenolic OH excluding ortho intramolecular Hbond substituents is 1. The number of carbonyl (C=O) groups excluding carboxylic acids is 1. The van der Waals surface area contributed by atoms with Crippen LogP contribution in [0.3, 0.4) is 0 Å². The number of hydrogen-bond acceptors (Lipinski definition) is 3. The lowest BCUT2D eigenvalue weighted by atomic mass is 9.49. The molecule has 2 aliphatic carbocycles. The molecular weight excluding hydrogens is 304 g/mol. The van der Waals surface area contributed by atoms with E-state index in [9.17, 15) is 19.8 Å². The highest BCUT2D eigenvalue weighted by molar-refractivity contribution is 6.00. The molecule has 4 nitrogen and oxygen atoms in total. The SMILES string of the molecule is CC(C)c1cc2c(cc1O)[C@@]1(C)CCC[C@@](C)(C(=O)O)[C@@H]1CC2=O. The molecule has 2 aliphatic rings. The number of ketones is 1. The van der Waals surface area contributed by atoms with E-state index >= 15 is 0 Å². The first kappa shape index (κ1) is 17.0. The minimum atomic E-state index is -0.896. The molecule has 3 atom stereocenters. The number of benzene rings is 1. The van der Waals surface area contributed by atoms with Gasteiger partial charge in [0.15, 0.2) is 5.78 Å².